The van der Waals surface area contributed by atoms with E-state index >= 15 is 0 Å². The van der Waals surface area contributed by atoms with Crippen LogP contribution < -0.4 is 16.4 Å². The Hall–Kier alpha value is -0.570. The molecule has 1 aromatic carbocycles. The summed E-state index contributed by atoms with van der Waals surface area (Å²) in [7, 11) is 0. The van der Waals surface area contributed by atoms with Crippen LogP contribution in [0.15, 0.2) is 17.0 Å². The Labute approximate surface area is 133 Å². The molecule has 0 aromatic heterocycles. The van der Waals surface area contributed by atoms with E-state index in [2.05, 4.69) is 10.6 Å². The van der Waals surface area contributed by atoms with Crippen molar-refractivity contribution in [2.45, 2.75) is 23.8 Å². The van der Waals surface area contributed by atoms with Crippen molar-refractivity contribution in [3.05, 3.63) is 23.0 Å². The third kappa shape index (κ3) is 6.82. The monoisotopic (exact) mass is 337 g/mol. The topological polar surface area (TPSA) is 90.5 Å². The molecule has 0 saturated carbocycles. The summed E-state index contributed by atoms with van der Waals surface area (Å²) in [5.74, 6) is -0.508. The highest BCUT2D eigenvalue weighted by Crippen LogP contribution is 2.29. The highest BCUT2D eigenvalue weighted by molar-refractivity contribution is 7.93. The first-order valence-corrected chi connectivity index (χ1v) is 7.86. The molecule has 5 nitrogen and oxygen atoms in total. The van der Waals surface area contributed by atoms with Crippen LogP contribution in [0.4, 0.5) is 10.1 Å². The zero-order chi connectivity index (χ0) is 15.7. The van der Waals surface area contributed by atoms with Crippen molar-refractivity contribution >= 4 is 29.3 Å². The van der Waals surface area contributed by atoms with Crippen molar-refractivity contribution in [2.75, 3.05) is 31.5 Å². The van der Waals surface area contributed by atoms with Crippen LogP contribution in [-0.4, -0.2) is 41.9 Å². The van der Waals surface area contributed by atoms with E-state index in [1.807, 2.05) is 0 Å². The molecule has 1 atom stereocenters. The number of benzene rings is 1. The third-order valence-electron chi connectivity index (χ3n) is 2.87. The first-order chi connectivity index (χ1) is 10.1. The van der Waals surface area contributed by atoms with Gasteiger partial charge in [0.2, 0.25) is 0 Å². The minimum absolute atomic E-state index is 0.105. The summed E-state index contributed by atoms with van der Waals surface area (Å²) < 4.78 is 22.3. The molecule has 8 heteroatoms. The second-order valence-corrected chi connectivity index (χ2v) is 5.61. The van der Waals surface area contributed by atoms with E-state index in [9.17, 15) is 9.50 Å². The number of halogens is 2. The fraction of sp³-hybridized carbons (Fsp3) is 0.538. The lowest BCUT2D eigenvalue weighted by Gasteiger charge is -2.11. The lowest BCUT2D eigenvalue weighted by atomic mass is 10.2. The summed E-state index contributed by atoms with van der Waals surface area (Å²) in [6, 6.07) is 2.66. The highest BCUT2D eigenvalue weighted by Gasteiger charge is 2.08. The van der Waals surface area contributed by atoms with Crippen molar-refractivity contribution in [1.29, 1.82) is 0 Å². The molecule has 0 bridgehead atoms. The lowest BCUT2D eigenvalue weighted by molar-refractivity contribution is 0.179. The molecule has 120 valence electrons. The van der Waals surface area contributed by atoms with Gasteiger partial charge in [0.05, 0.1) is 21.7 Å². The Kier molecular flexibility index (Phi) is 8.98. The quantitative estimate of drug-likeness (QED) is 0.332. The molecule has 0 amide bonds. The predicted molar refractivity (Wildman–Crippen MR) is 85.6 cm³/mol. The van der Waals surface area contributed by atoms with Crippen LogP contribution in [0.1, 0.15) is 12.8 Å². The van der Waals surface area contributed by atoms with E-state index in [1.165, 1.54) is 12.1 Å². The van der Waals surface area contributed by atoms with Gasteiger partial charge in [-0.3, -0.25) is 0 Å². The van der Waals surface area contributed by atoms with E-state index < -0.39 is 11.9 Å². The standard InChI is InChI=1S/C13H21ClFN3O2S/c14-10-5-13(21-20)11(15)6-12(10)18-4-2-1-3-17-8-9(19)7-16/h5-6,9,17-20H,1-4,7-8,16H2. The smallest absolute Gasteiger partial charge is 0.141 e. The number of hydrogen-bond donors (Lipinski definition) is 5. The largest absolute Gasteiger partial charge is 0.390 e. The maximum atomic E-state index is 13.5. The van der Waals surface area contributed by atoms with Gasteiger partial charge in [-0.1, -0.05) is 11.6 Å². The number of nitrogens with one attached hydrogen (secondary N) is 2. The summed E-state index contributed by atoms with van der Waals surface area (Å²) >= 11 is 6.32. The van der Waals surface area contributed by atoms with Crippen LogP contribution in [0.2, 0.25) is 5.02 Å². The van der Waals surface area contributed by atoms with Crippen molar-refractivity contribution in [2.24, 2.45) is 5.73 Å². The van der Waals surface area contributed by atoms with Crippen LogP contribution >= 0.6 is 23.6 Å². The molecule has 21 heavy (non-hydrogen) atoms. The third-order valence-corrected chi connectivity index (χ3v) is 3.69. The molecule has 1 unspecified atom stereocenters. The van der Waals surface area contributed by atoms with Crippen LogP contribution in [0.5, 0.6) is 0 Å². The Morgan fingerprint density at radius 1 is 1.33 bits per heavy atom. The first-order valence-electron chi connectivity index (χ1n) is 6.71. The van der Waals surface area contributed by atoms with Crippen LogP contribution in [0.3, 0.4) is 0 Å². The fourth-order valence-electron chi connectivity index (χ4n) is 1.68. The van der Waals surface area contributed by atoms with Crippen molar-refractivity contribution in [3.8, 4) is 0 Å². The number of anilines is 1. The molecule has 0 radical (unpaired) electrons. The molecular formula is C13H21ClFN3O2S. The van der Waals surface area contributed by atoms with Gasteiger partial charge in [0.1, 0.15) is 5.82 Å². The number of aliphatic hydroxyl groups excluding tert-OH is 1. The van der Waals surface area contributed by atoms with Gasteiger partial charge < -0.3 is 26.0 Å². The summed E-state index contributed by atoms with van der Waals surface area (Å²) in [6.07, 6.45) is 1.28. The molecule has 1 aromatic rings. The molecule has 0 fully saturated rings. The van der Waals surface area contributed by atoms with E-state index in [0.29, 0.717) is 35.8 Å². The van der Waals surface area contributed by atoms with Gasteiger partial charge in [-0.05, 0) is 31.5 Å². The van der Waals surface area contributed by atoms with Gasteiger partial charge in [0.15, 0.2) is 0 Å². The van der Waals surface area contributed by atoms with Crippen molar-refractivity contribution in [3.63, 3.8) is 0 Å². The van der Waals surface area contributed by atoms with Gasteiger partial charge in [-0.25, -0.2) is 4.39 Å². The van der Waals surface area contributed by atoms with Crippen LogP contribution in [0.25, 0.3) is 0 Å². The van der Waals surface area contributed by atoms with Gasteiger partial charge in [-0.2, -0.15) is 0 Å². The lowest BCUT2D eigenvalue weighted by Crippen LogP contribution is -2.33. The molecule has 0 aliphatic carbocycles. The van der Waals surface area contributed by atoms with Gasteiger partial charge in [-0.15, -0.1) is 0 Å². The Balaban J connectivity index is 2.23. The van der Waals surface area contributed by atoms with Gasteiger partial charge in [0, 0.05) is 31.7 Å². The summed E-state index contributed by atoms with van der Waals surface area (Å²) in [5, 5.41) is 15.8. The van der Waals surface area contributed by atoms with E-state index in [1.54, 1.807) is 0 Å². The van der Waals surface area contributed by atoms with E-state index in [4.69, 9.17) is 21.9 Å². The Morgan fingerprint density at radius 3 is 2.71 bits per heavy atom. The van der Waals surface area contributed by atoms with Crippen molar-refractivity contribution in [1.82, 2.24) is 5.32 Å². The Morgan fingerprint density at radius 2 is 2.05 bits per heavy atom. The maximum absolute atomic E-state index is 13.5. The highest BCUT2D eigenvalue weighted by atomic mass is 35.5. The first kappa shape index (κ1) is 18.5. The molecule has 0 aliphatic rings. The molecule has 0 spiro atoms. The number of hydrogen-bond acceptors (Lipinski definition) is 6. The molecule has 0 saturated heterocycles. The molecule has 0 heterocycles. The minimum atomic E-state index is -0.508. The number of aliphatic hydroxyl groups is 1. The van der Waals surface area contributed by atoms with Crippen LogP contribution in [-0.2, 0) is 0 Å². The molecule has 6 N–H and O–H groups in total. The maximum Gasteiger partial charge on any atom is 0.141 e. The number of rotatable bonds is 10. The average molecular weight is 338 g/mol. The minimum Gasteiger partial charge on any atom is -0.390 e. The average Bonchev–Trinajstić information content (AvgIpc) is 2.48. The summed E-state index contributed by atoms with van der Waals surface area (Å²) in [4.78, 5) is 0.105. The second-order valence-electron chi connectivity index (χ2n) is 4.58. The van der Waals surface area contributed by atoms with Gasteiger partial charge in [0.25, 0.3) is 0 Å². The normalized spacial score (nSPS) is 12.4. The summed E-state index contributed by atoms with van der Waals surface area (Å²) in [5.41, 5.74) is 5.80. The number of unbranched alkanes of at least 4 members (excludes halogenated alkanes) is 1. The van der Waals surface area contributed by atoms with Gasteiger partial charge >= 0.3 is 0 Å². The summed E-state index contributed by atoms with van der Waals surface area (Å²) in [6.45, 7) is 2.18. The Bertz CT molecular complexity index is 440. The van der Waals surface area contributed by atoms with Crippen molar-refractivity contribution < 1.29 is 14.0 Å². The second kappa shape index (κ2) is 10.2. The number of nitrogens with two attached hydrogens (primary N) is 1. The molecule has 0 aliphatic heterocycles. The molecule has 1 rings (SSSR count). The fourth-order valence-corrected chi connectivity index (χ4v) is 2.30. The zero-order valence-corrected chi connectivity index (χ0v) is 13.2. The van der Waals surface area contributed by atoms with Crippen LogP contribution in [0, 0.1) is 5.82 Å². The van der Waals surface area contributed by atoms with E-state index in [-0.39, 0.29) is 11.4 Å². The SMILES string of the molecule is NCC(O)CNCCCCNc1cc(F)c(SO)cc1Cl. The predicted octanol–water partition coefficient (Wildman–Crippen LogP) is 2.15. The van der Waals surface area contributed by atoms with E-state index in [0.717, 1.165) is 19.4 Å². The molecular weight excluding hydrogens is 317 g/mol. The zero-order valence-electron chi connectivity index (χ0n) is 11.6.